The lowest BCUT2D eigenvalue weighted by molar-refractivity contribution is 0.414. The first-order chi connectivity index (χ1) is 6.29. The van der Waals surface area contributed by atoms with Gasteiger partial charge in [0.1, 0.15) is 5.75 Å². The quantitative estimate of drug-likeness (QED) is 0.674. The molecule has 0 aliphatic carbocycles. The summed E-state index contributed by atoms with van der Waals surface area (Å²) in [6.07, 6.45) is 0.951. The smallest absolute Gasteiger partial charge is 0.120 e. The zero-order chi connectivity index (χ0) is 9.26. The van der Waals surface area contributed by atoms with E-state index in [-0.39, 0.29) is 6.04 Å². The maximum atomic E-state index is 5.83. The largest absolute Gasteiger partial charge is 0.497 e. The van der Waals surface area contributed by atoms with Gasteiger partial charge in [-0.3, -0.25) is 0 Å². The van der Waals surface area contributed by atoms with Crippen LogP contribution in [0, 0.1) is 0 Å². The highest BCUT2D eigenvalue weighted by atomic mass is 16.5. The van der Waals surface area contributed by atoms with E-state index in [4.69, 9.17) is 10.5 Å². The Morgan fingerprint density at radius 1 is 1.54 bits per heavy atom. The lowest BCUT2D eigenvalue weighted by Crippen LogP contribution is -2.35. The number of fused-ring (bicyclic) bond motifs is 1. The minimum atomic E-state index is 0.237. The van der Waals surface area contributed by atoms with Gasteiger partial charge in [0.15, 0.2) is 0 Å². The number of anilines is 1. The molecule has 1 aliphatic rings. The molecule has 1 heterocycles. The molecule has 1 aromatic rings. The van der Waals surface area contributed by atoms with Crippen LogP contribution in [0.1, 0.15) is 5.56 Å². The molecule has 0 saturated carbocycles. The molecular formula is C10H14N2O. The van der Waals surface area contributed by atoms with E-state index in [0.29, 0.717) is 0 Å². The Labute approximate surface area is 77.9 Å². The van der Waals surface area contributed by atoms with Crippen molar-refractivity contribution in [2.45, 2.75) is 12.5 Å². The number of nitrogens with two attached hydrogens (primary N) is 1. The minimum absolute atomic E-state index is 0.237. The summed E-state index contributed by atoms with van der Waals surface area (Å²) < 4.78 is 5.14. The Kier molecular flexibility index (Phi) is 2.10. The lowest BCUT2D eigenvalue weighted by atomic mass is 10.0. The fraction of sp³-hybridized carbons (Fsp3) is 0.400. The number of ether oxygens (including phenoxy) is 1. The molecule has 3 heteroatoms. The highest BCUT2D eigenvalue weighted by Crippen LogP contribution is 2.25. The molecule has 1 aliphatic heterocycles. The SMILES string of the molecule is COc1ccc2c(c1)NC[C@@H](N)C2. The number of hydrogen-bond donors (Lipinski definition) is 2. The van der Waals surface area contributed by atoms with E-state index in [1.54, 1.807) is 7.11 Å². The summed E-state index contributed by atoms with van der Waals surface area (Å²) in [7, 11) is 1.68. The molecule has 0 aromatic heterocycles. The first-order valence-corrected chi connectivity index (χ1v) is 4.46. The normalized spacial score (nSPS) is 20.3. The predicted molar refractivity (Wildman–Crippen MR) is 53.2 cm³/mol. The Morgan fingerprint density at radius 2 is 2.38 bits per heavy atom. The van der Waals surface area contributed by atoms with Crippen molar-refractivity contribution in [2.75, 3.05) is 19.0 Å². The van der Waals surface area contributed by atoms with Crippen LogP contribution in [-0.4, -0.2) is 19.7 Å². The van der Waals surface area contributed by atoms with Crippen LogP contribution >= 0.6 is 0 Å². The zero-order valence-electron chi connectivity index (χ0n) is 7.71. The van der Waals surface area contributed by atoms with E-state index < -0.39 is 0 Å². The molecule has 0 amide bonds. The van der Waals surface area contributed by atoms with Crippen LogP contribution in [0.3, 0.4) is 0 Å². The Hall–Kier alpha value is -1.22. The topological polar surface area (TPSA) is 47.3 Å². The van der Waals surface area contributed by atoms with Crippen molar-refractivity contribution in [3.8, 4) is 5.75 Å². The second-order valence-corrected chi connectivity index (χ2v) is 3.37. The summed E-state index contributed by atoms with van der Waals surface area (Å²) in [6.45, 7) is 0.847. The zero-order valence-corrected chi connectivity index (χ0v) is 7.71. The van der Waals surface area contributed by atoms with Crippen molar-refractivity contribution < 1.29 is 4.74 Å². The first kappa shape index (κ1) is 8.38. The van der Waals surface area contributed by atoms with Crippen LogP contribution in [0.4, 0.5) is 5.69 Å². The van der Waals surface area contributed by atoms with Crippen molar-refractivity contribution in [1.29, 1.82) is 0 Å². The van der Waals surface area contributed by atoms with Gasteiger partial charge in [0, 0.05) is 24.3 Å². The van der Waals surface area contributed by atoms with Crippen LogP contribution in [0.5, 0.6) is 5.75 Å². The van der Waals surface area contributed by atoms with Crippen molar-refractivity contribution in [3.05, 3.63) is 23.8 Å². The second kappa shape index (κ2) is 3.26. The molecule has 2 rings (SSSR count). The van der Waals surface area contributed by atoms with Gasteiger partial charge in [-0.05, 0) is 18.1 Å². The van der Waals surface area contributed by atoms with Crippen molar-refractivity contribution in [3.63, 3.8) is 0 Å². The molecule has 1 aromatic carbocycles. The second-order valence-electron chi connectivity index (χ2n) is 3.37. The third-order valence-corrected chi connectivity index (χ3v) is 2.35. The lowest BCUT2D eigenvalue weighted by Gasteiger charge is -2.23. The Bertz CT molecular complexity index is 312. The average Bonchev–Trinajstić information content (AvgIpc) is 2.17. The first-order valence-electron chi connectivity index (χ1n) is 4.46. The number of benzene rings is 1. The highest BCUT2D eigenvalue weighted by molar-refractivity contribution is 5.57. The number of nitrogens with one attached hydrogen (secondary N) is 1. The monoisotopic (exact) mass is 178 g/mol. The molecule has 0 unspecified atom stereocenters. The third kappa shape index (κ3) is 1.60. The Morgan fingerprint density at radius 3 is 3.15 bits per heavy atom. The molecule has 0 radical (unpaired) electrons. The minimum Gasteiger partial charge on any atom is -0.497 e. The summed E-state index contributed by atoms with van der Waals surface area (Å²) in [5, 5.41) is 3.28. The molecule has 0 spiro atoms. The van der Waals surface area contributed by atoms with Gasteiger partial charge in [-0.15, -0.1) is 0 Å². The summed E-state index contributed by atoms with van der Waals surface area (Å²) in [6, 6.07) is 6.29. The highest BCUT2D eigenvalue weighted by Gasteiger charge is 2.14. The fourth-order valence-corrected chi connectivity index (χ4v) is 1.62. The Balaban J connectivity index is 2.31. The summed E-state index contributed by atoms with van der Waals surface area (Å²) in [5.74, 6) is 0.890. The molecule has 3 nitrogen and oxygen atoms in total. The van der Waals surface area contributed by atoms with Gasteiger partial charge in [-0.1, -0.05) is 6.07 Å². The maximum Gasteiger partial charge on any atom is 0.120 e. The molecular weight excluding hydrogens is 164 g/mol. The van der Waals surface area contributed by atoms with Gasteiger partial charge < -0.3 is 15.8 Å². The van der Waals surface area contributed by atoms with E-state index in [1.807, 2.05) is 12.1 Å². The number of hydrogen-bond acceptors (Lipinski definition) is 3. The third-order valence-electron chi connectivity index (χ3n) is 2.35. The van der Waals surface area contributed by atoms with Gasteiger partial charge in [0.05, 0.1) is 7.11 Å². The van der Waals surface area contributed by atoms with Gasteiger partial charge >= 0.3 is 0 Å². The molecule has 0 saturated heterocycles. The van der Waals surface area contributed by atoms with Crippen LogP contribution < -0.4 is 15.8 Å². The van der Waals surface area contributed by atoms with Crippen molar-refractivity contribution >= 4 is 5.69 Å². The van der Waals surface area contributed by atoms with Gasteiger partial charge in [-0.25, -0.2) is 0 Å². The molecule has 1 atom stereocenters. The van der Waals surface area contributed by atoms with Crippen molar-refractivity contribution in [2.24, 2.45) is 5.73 Å². The molecule has 70 valence electrons. The average molecular weight is 178 g/mol. The van der Waals surface area contributed by atoms with E-state index in [1.165, 1.54) is 5.56 Å². The van der Waals surface area contributed by atoms with E-state index >= 15 is 0 Å². The summed E-state index contributed by atoms with van der Waals surface area (Å²) in [5.41, 5.74) is 8.26. The van der Waals surface area contributed by atoms with E-state index in [9.17, 15) is 0 Å². The van der Waals surface area contributed by atoms with Gasteiger partial charge in [-0.2, -0.15) is 0 Å². The predicted octanol–water partition coefficient (Wildman–Crippen LogP) is 0.990. The number of methoxy groups -OCH3 is 1. The standard InChI is InChI=1S/C10H14N2O/c1-13-9-3-2-7-4-8(11)6-12-10(7)5-9/h2-3,5,8,12H,4,6,11H2,1H3/t8-/m0/s1. The molecule has 0 bridgehead atoms. The molecule has 13 heavy (non-hydrogen) atoms. The molecule has 0 fully saturated rings. The summed E-state index contributed by atoms with van der Waals surface area (Å²) in [4.78, 5) is 0. The van der Waals surface area contributed by atoms with Crippen LogP contribution in [0.15, 0.2) is 18.2 Å². The van der Waals surface area contributed by atoms with Crippen LogP contribution in [0.25, 0.3) is 0 Å². The van der Waals surface area contributed by atoms with Gasteiger partial charge in [0.2, 0.25) is 0 Å². The van der Waals surface area contributed by atoms with E-state index in [0.717, 1.165) is 24.4 Å². The maximum absolute atomic E-state index is 5.83. The van der Waals surface area contributed by atoms with Crippen LogP contribution in [-0.2, 0) is 6.42 Å². The van der Waals surface area contributed by atoms with E-state index in [2.05, 4.69) is 11.4 Å². The fourth-order valence-electron chi connectivity index (χ4n) is 1.62. The van der Waals surface area contributed by atoms with Crippen molar-refractivity contribution in [1.82, 2.24) is 0 Å². The van der Waals surface area contributed by atoms with Gasteiger partial charge in [0.25, 0.3) is 0 Å². The molecule has 3 N–H and O–H groups in total. The van der Waals surface area contributed by atoms with Crippen LogP contribution in [0.2, 0.25) is 0 Å². The summed E-state index contributed by atoms with van der Waals surface area (Å²) >= 11 is 0. The number of rotatable bonds is 1.